The molecule has 1 aromatic carbocycles. The number of nitrogens with zero attached hydrogens (tertiary/aromatic N) is 2. The summed E-state index contributed by atoms with van der Waals surface area (Å²) in [5, 5.41) is 9.71. The van der Waals surface area contributed by atoms with Gasteiger partial charge in [-0.2, -0.15) is 0 Å². The quantitative estimate of drug-likeness (QED) is 0.409. The molecule has 0 radical (unpaired) electrons. The normalized spacial score (nSPS) is 16.1. The predicted molar refractivity (Wildman–Crippen MR) is 127 cm³/mol. The number of hydrogen-bond acceptors (Lipinski definition) is 5. The Morgan fingerprint density at radius 1 is 1.16 bits per heavy atom. The van der Waals surface area contributed by atoms with Gasteiger partial charge in [0.2, 0.25) is 0 Å². The van der Waals surface area contributed by atoms with Gasteiger partial charge in [0.15, 0.2) is 11.7 Å². The van der Waals surface area contributed by atoms with Gasteiger partial charge in [-0.25, -0.2) is 0 Å². The third kappa shape index (κ3) is 7.39. The molecular weight excluding hydrogens is 406 g/mol. The largest absolute Gasteiger partial charge is 0.459 e. The lowest BCUT2D eigenvalue weighted by Gasteiger charge is -2.35. The second kappa shape index (κ2) is 12.3. The van der Waals surface area contributed by atoms with E-state index in [4.69, 9.17) is 9.15 Å². The van der Waals surface area contributed by atoms with E-state index < -0.39 is 0 Å². The summed E-state index contributed by atoms with van der Waals surface area (Å²) in [7, 11) is 1.78. The van der Waals surface area contributed by atoms with Gasteiger partial charge in [0.05, 0.1) is 19.5 Å². The first-order chi connectivity index (χ1) is 15.5. The molecule has 0 aliphatic carbocycles. The molecule has 1 unspecified atom stereocenters. The Balaban J connectivity index is 1.51. The molecule has 0 bridgehead atoms. The molecule has 0 spiro atoms. The third-order valence-electron chi connectivity index (χ3n) is 5.42. The lowest BCUT2D eigenvalue weighted by atomic mass is 10.0. The van der Waals surface area contributed by atoms with Crippen LogP contribution in [0.4, 0.5) is 5.69 Å². The zero-order valence-corrected chi connectivity index (χ0v) is 19.3. The Hall–Kier alpha value is -2.84. The summed E-state index contributed by atoms with van der Waals surface area (Å²) < 4.78 is 10.7. The maximum Gasteiger partial charge on any atom is 0.291 e. The first kappa shape index (κ1) is 23.8. The summed E-state index contributed by atoms with van der Waals surface area (Å²) in [6.45, 7) is 9.50. The number of benzene rings is 1. The fraction of sp³-hybridized carbons (Fsp3) is 0.500. The minimum Gasteiger partial charge on any atom is -0.459 e. The van der Waals surface area contributed by atoms with Crippen LogP contribution in [0, 0.1) is 5.92 Å². The van der Waals surface area contributed by atoms with Crippen molar-refractivity contribution in [1.82, 2.24) is 15.5 Å². The van der Waals surface area contributed by atoms with E-state index in [-0.39, 0.29) is 11.7 Å². The van der Waals surface area contributed by atoms with Crippen LogP contribution in [0.15, 0.2) is 52.1 Å². The molecule has 32 heavy (non-hydrogen) atoms. The zero-order valence-electron chi connectivity index (χ0n) is 19.3. The zero-order chi connectivity index (χ0) is 22.8. The van der Waals surface area contributed by atoms with Gasteiger partial charge in [-0.05, 0) is 42.2 Å². The number of carbonyl (C=O) groups excluding carboxylic acids is 1. The summed E-state index contributed by atoms with van der Waals surface area (Å²) in [5.41, 5.74) is 1.76. The van der Waals surface area contributed by atoms with E-state index in [1.165, 1.54) is 6.26 Å². The van der Waals surface area contributed by atoms with Crippen molar-refractivity contribution in [2.24, 2.45) is 10.9 Å². The van der Waals surface area contributed by atoms with Gasteiger partial charge in [-0.1, -0.05) is 26.0 Å². The number of ether oxygens (including phenoxy) is 1. The van der Waals surface area contributed by atoms with Crippen LogP contribution in [-0.4, -0.2) is 62.7 Å². The molecule has 8 nitrogen and oxygen atoms in total. The number of morpholine rings is 1. The van der Waals surface area contributed by atoms with Crippen molar-refractivity contribution in [3.8, 4) is 0 Å². The molecule has 3 rings (SSSR count). The van der Waals surface area contributed by atoms with E-state index in [2.05, 4.69) is 39.7 Å². The molecular formula is C24H35N5O3. The summed E-state index contributed by atoms with van der Waals surface area (Å²) >= 11 is 0. The second-order valence-corrected chi connectivity index (χ2v) is 8.37. The van der Waals surface area contributed by atoms with Gasteiger partial charge in [0.1, 0.15) is 0 Å². The number of amides is 1. The Kier molecular flexibility index (Phi) is 9.13. The van der Waals surface area contributed by atoms with Crippen LogP contribution in [0.25, 0.3) is 0 Å². The number of hydrogen-bond donors (Lipinski definition) is 3. The van der Waals surface area contributed by atoms with Crippen LogP contribution in [-0.2, 0) is 11.3 Å². The molecule has 1 aromatic heterocycles. The van der Waals surface area contributed by atoms with Gasteiger partial charge in [-0.15, -0.1) is 0 Å². The molecule has 0 saturated carbocycles. The average molecular weight is 442 g/mol. The van der Waals surface area contributed by atoms with Crippen LogP contribution >= 0.6 is 0 Å². The van der Waals surface area contributed by atoms with Gasteiger partial charge < -0.3 is 25.1 Å². The van der Waals surface area contributed by atoms with Gasteiger partial charge in [-0.3, -0.25) is 14.7 Å². The van der Waals surface area contributed by atoms with Gasteiger partial charge >= 0.3 is 0 Å². The molecule has 174 valence electrons. The van der Waals surface area contributed by atoms with Crippen molar-refractivity contribution in [3.63, 3.8) is 0 Å². The number of aliphatic imine (C=N–C) groups is 1. The monoisotopic (exact) mass is 441 g/mol. The van der Waals surface area contributed by atoms with Crippen molar-refractivity contribution >= 4 is 17.6 Å². The first-order valence-corrected chi connectivity index (χ1v) is 11.2. The van der Waals surface area contributed by atoms with E-state index in [1.807, 2.05) is 24.3 Å². The van der Waals surface area contributed by atoms with Crippen molar-refractivity contribution in [2.75, 3.05) is 45.2 Å². The number of carbonyl (C=O) groups is 1. The van der Waals surface area contributed by atoms with Crippen LogP contribution in [0.1, 0.15) is 36.4 Å². The molecule has 1 atom stereocenters. The van der Waals surface area contributed by atoms with Gasteiger partial charge in [0, 0.05) is 45.0 Å². The van der Waals surface area contributed by atoms with Crippen molar-refractivity contribution in [3.05, 3.63) is 54.0 Å². The molecule has 2 heterocycles. The lowest BCUT2D eigenvalue weighted by molar-refractivity contribution is 0.0132. The molecule has 1 aliphatic heterocycles. The predicted octanol–water partition coefficient (Wildman–Crippen LogP) is 2.94. The Morgan fingerprint density at radius 3 is 2.66 bits per heavy atom. The summed E-state index contributed by atoms with van der Waals surface area (Å²) in [6, 6.07) is 11.5. The number of guanidine groups is 1. The molecule has 1 amide bonds. The van der Waals surface area contributed by atoms with Gasteiger partial charge in [0.25, 0.3) is 5.91 Å². The fourth-order valence-corrected chi connectivity index (χ4v) is 3.83. The minimum absolute atomic E-state index is 0.267. The molecule has 1 aliphatic rings. The lowest BCUT2D eigenvalue weighted by Crippen LogP contribution is -2.50. The maximum absolute atomic E-state index is 12.2. The Morgan fingerprint density at radius 2 is 1.97 bits per heavy atom. The minimum atomic E-state index is -0.267. The smallest absolute Gasteiger partial charge is 0.291 e. The number of anilines is 1. The molecule has 2 aromatic rings. The standard InChI is InChI=1S/C24H35N5O3/c1-18(2)14-21(29-9-12-31-13-10-29)17-27-24(25-3)26-16-19-6-4-7-20(15-19)28-23(30)22-8-5-11-32-22/h4-8,11,15,18,21H,9-10,12-14,16-17H2,1-3H3,(H,28,30)(H2,25,26,27). The molecule has 1 saturated heterocycles. The molecule has 1 fully saturated rings. The Bertz CT molecular complexity index is 860. The Labute approximate surface area is 190 Å². The highest BCUT2D eigenvalue weighted by Gasteiger charge is 2.22. The van der Waals surface area contributed by atoms with Crippen LogP contribution in [0.3, 0.4) is 0 Å². The van der Waals surface area contributed by atoms with Crippen molar-refractivity contribution in [2.45, 2.75) is 32.9 Å². The number of nitrogens with one attached hydrogen (secondary N) is 3. The SMILES string of the molecule is CN=C(NCc1cccc(NC(=O)c2ccco2)c1)NCC(CC(C)C)N1CCOCC1. The number of furan rings is 1. The van der Waals surface area contributed by atoms with Crippen LogP contribution < -0.4 is 16.0 Å². The highest BCUT2D eigenvalue weighted by atomic mass is 16.5. The topological polar surface area (TPSA) is 91.1 Å². The second-order valence-electron chi connectivity index (χ2n) is 8.37. The van der Waals surface area contributed by atoms with E-state index in [0.717, 1.165) is 56.5 Å². The van der Waals surface area contributed by atoms with E-state index in [0.29, 0.717) is 18.5 Å². The highest BCUT2D eigenvalue weighted by Crippen LogP contribution is 2.14. The molecule has 3 N–H and O–H groups in total. The summed E-state index contributed by atoms with van der Waals surface area (Å²) in [6.07, 6.45) is 2.61. The van der Waals surface area contributed by atoms with Crippen molar-refractivity contribution in [1.29, 1.82) is 0 Å². The third-order valence-corrected chi connectivity index (χ3v) is 5.42. The average Bonchev–Trinajstić information content (AvgIpc) is 3.34. The molecule has 8 heteroatoms. The summed E-state index contributed by atoms with van der Waals surface area (Å²) in [5.74, 6) is 1.40. The maximum atomic E-state index is 12.2. The van der Waals surface area contributed by atoms with Crippen molar-refractivity contribution < 1.29 is 13.9 Å². The van der Waals surface area contributed by atoms with E-state index in [9.17, 15) is 4.79 Å². The number of rotatable bonds is 9. The fourth-order valence-electron chi connectivity index (χ4n) is 3.83. The van der Waals surface area contributed by atoms with E-state index in [1.54, 1.807) is 19.2 Å². The highest BCUT2D eigenvalue weighted by molar-refractivity contribution is 6.02. The van der Waals surface area contributed by atoms with Crippen LogP contribution in [0.2, 0.25) is 0 Å². The first-order valence-electron chi connectivity index (χ1n) is 11.2. The summed E-state index contributed by atoms with van der Waals surface area (Å²) in [4.78, 5) is 19.1. The van der Waals surface area contributed by atoms with E-state index >= 15 is 0 Å². The van der Waals surface area contributed by atoms with Crippen LogP contribution in [0.5, 0.6) is 0 Å².